The van der Waals surface area contributed by atoms with Crippen LogP contribution in [0.3, 0.4) is 0 Å². The fourth-order valence-electron chi connectivity index (χ4n) is 4.08. The maximum absolute atomic E-state index is 11.4. The first-order valence-corrected chi connectivity index (χ1v) is 12.3. The molecule has 0 spiro atoms. The molecule has 1 N–H and O–H groups in total. The highest BCUT2D eigenvalue weighted by atomic mass is 32.2. The molecule has 0 radical (unpaired) electrons. The first-order valence-electron chi connectivity index (χ1n) is 9.95. The van der Waals surface area contributed by atoms with Gasteiger partial charge in [0.2, 0.25) is 5.91 Å². The fourth-order valence-corrected chi connectivity index (χ4v) is 6.67. The summed E-state index contributed by atoms with van der Waals surface area (Å²) in [7, 11) is 1.39. The van der Waals surface area contributed by atoms with Crippen LogP contribution in [0.15, 0.2) is 30.3 Å². The van der Waals surface area contributed by atoms with Crippen LogP contribution in [0.25, 0.3) is 0 Å². The van der Waals surface area contributed by atoms with Crippen LogP contribution < -0.4 is 0 Å². The summed E-state index contributed by atoms with van der Waals surface area (Å²) in [6.07, 6.45) is 5.71. The first-order chi connectivity index (χ1) is 13.1. The molecule has 27 heavy (non-hydrogen) atoms. The Hall–Kier alpha value is -0.690. The lowest BCUT2D eigenvalue weighted by atomic mass is 9.81. The van der Waals surface area contributed by atoms with Gasteiger partial charge in [0.05, 0.1) is 12.2 Å². The molecule has 0 saturated carbocycles. The third-order valence-corrected chi connectivity index (χ3v) is 7.97. The van der Waals surface area contributed by atoms with E-state index in [4.69, 9.17) is 9.94 Å². The maximum atomic E-state index is 11.4. The standard InChI is InChI=1S/C21H31NO3S2/c1-22(24)21(23)9-5-6-12-26-14-17-18(20-11-10-19(17)25-20)15-27-13-16-7-3-2-4-8-16/h2-4,7-8,17-20,24H,5-6,9-15H2,1H3/t17-,18+,19-,20+/m1/s1. The van der Waals surface area contributed by atoms with E-state index in [0.29, 0.717) is 35.5 Å². The van der Waals surface area contributed by atoms with Gasteiger partial charge in [0.15, 0.2) is 0 Å². The van der Waals surface area contributed by atoms with E-state index in [1.807, 2.05) is 23.5 Å². The number of amides is 1. The summed E-state index contributed by atoms with van der Waals surface area (Å²) in [6, 6.07) is 10.7. The number of nitrogens with zero attached hydrogens (tertiary/aromatic N) is 1. The van der Waals surface area contributed by atoms with Gasteiger partial charge >= 0.3 is 0 Å². The third-order valence-electron chi connectivity index (χ3n) is 5.61. The van der Waals surface area contributed by atoms with Gasteiger partial charge in [-0.1, -0.05) is 30.3 Å². The van der Waals surface area contributed by atoms with E-state index in [9.17, 15) is 4.79 Å². The second kappa shape index (κ2) is 10.7. The second-order valence-electron chi connectivity index (χ2n) is 7.57. The number of thioether (sulfide) groups is 2. The van der Waals surface area contributed by atoms with Crippen LogP contribution in [0.4, 0.5) is 0 Å². The number of benzene rings is 1. The number of hydrogen-bond acceptors (Lipinski definition) is 5. The monoisotopic (exact) mass is 409 g/mol. The lowest BCUT2D eigenvalue weighted by Crippen LogP contribution is -2.30. The zero-order chi connectivity index (χ0) is 19.1. The molecule has 0 aromatic heterocycles. The highest BCUT2D eigenvalue weighted by Crippen LogP contribution is 2.46. The number of hydroxylamine groups is 2. The first kappa shape index (κ1) is 21.0. The fraction of sp³-hybridized carbons (Fsp3) is 0.667. The minimum Gasteiger partial charge on any atom is -0.374 e. The van der Waals surface area contributed by atoms with E-state index in [1.165, 1.54) is 37.0 Å². The Morgan fingerprint density at radius 3 is 2.44 bits per heavy atom. The van der Waals surface area contributed by atoms with Crippen LogP contribution in [0.5, 0.6) is 0 Å². The van der Waals surface area contributed by atoms with Gasteiger partial charge in [0.25, 0.3) is 0 Å². The van der Waals surface area contributed by atoms with Crippen molar-refractivity contribution in [3.63, 3.8) is 0 Å². The Kier molecular flexibility index (Phi) is 8.37. The zero-order valence-electron chi connectivity index (χ0n) is 16.1. The van der Waals surface area contributed by atoms with Crippen molar-refractivity contribution < 1.29 is 14.7 Å². The van der Waals surface area contributed by atoms with E-state index in [1.54, 1.807) is 0 Å². The molecule has 2 aliphatic rings. The number of fused-ring (bicyclic) bond motifs is 2. The molecule has 1 aromatic carbocycles. The van der Waals surface area contributed by atoms with Crippen molar-refractivity contribution in [1.29, 1.82) is 0 Å². The van der Waals surface area contributed by atoms with Crippen molar-refractivity contribution >= 4 is 29.4 Å². The summed E-state index contributed by atoms with van der Waals surface area (Å²) in [6.45, 7) is 0. The maximum Gasteiger partial charge on any atom is 0.245 e. The summed E-state index contributed by atoms with van der Waals surface area (Å²) >= 11 is 4.05. The molecule has 2 aliphatic heterocycles. The molecule has 2 saturated heterocycles. The normalized spacial score (nSPS) is 26.4. The molecular weight excluding hydrogens is 378 g/mol. The number of rotatable bonds is 11. The summed E-state index contributed by atoms with van der Waals surface area (Å²) in [5.74, 6) is 5.71. The van der Waals surface area contributed by atoms with Crippen molar-refractivity contribution in [1.82, 2.24) is 5.06 Å². The van der Waals surface area contributed by atoms with Crippen molar-refractivity contribution in [2.45, 2.75) is 50.1 Å². The number of ether oxygens (including phenoxy) is 1. The predicted molar refractivity (Wildman–Crippen MR) is 113 cm³/mol. The van der Waals surface area contributed by atoms with Crippen molar-refractivity contribution in [2.24, 2.45) is 11.8 Å². The zero-order valence-corrected chi connectivity index (χ0v) is 17.7. The van der Waals surface area contributed by atoms with Crippen LogP contribution in [-0.4, -0.2) is 52.7 Å². The lowest BCUT2D eigenvalue weighted by Gasteiger charge is -2.27. The van der Waals surface area contributed by atoms with Crippen LogP contribution >= 0.6 is 23.5 Å². The topological polar surface area (TPSA) is 49.8 Å². The minimum atomic E-state index is -0.197. The van der Waals surface area contributed by atoms with Gasteiger partial charge in [0.1, 0.15) is 0 Å². The summed E-state index contributed by atoms with van der Waals surface area (Å²) in [4.78, 5) is 11.4. The molecule has 2 fully saturated rings. The van der Waals surface area contributed by atoms with Crippen LogP contribution in [-0.2, 0) is 15.3 Å². The second-order valence-corrected chi connectivity index (χ2v) is 9.75. The molecule has 6 heteroatoms. The Morgan fingerprint density at radius 2 is 1.78 bits per heavy atom. The van der Waals surface area contributed by atoms with Crippen molar-refractivity contribution in [2.75, 3.05) is 24.3 Å². The van der Waals surface area contributed by atoms with Gasteiger partial charge in [-0.3, -0.25) is 10.0 Å². The van der Waals surface area contributed by atoms with Crippen molar-refractivity contribution in [3.05, 3.63) is 35.9 Å². The van der Waals surface area contributed by atoms with Gasteiger partial charge in [0, 0.05) is 31.1 Å². The molecule has 0 aliphatic carbocycles. The lowest BCUT2D eigenvalue weighted by molar-refractivity contribution is -0.159. The molecule has 1 amide bonds. The number of hydrogen-bond donors (Lipinski definition) is 1. The summed E-state index contributed by atoms with van der Waals surface area (Å²) in [5.41, 5.74) is 1.40. The molecule has 150 valence electrons. The van der Waals surface area contributed by atoms with Crippen LogP contribution in [0, 0.1) is 11.8 Å². The highest BCUT2D eigenvalue weighted by Gasteiger charge is 2.48. The largest absolute Gasteiger partial charge is 0.374 e. The summed E-state index contributed by atoms with van der Waals surface area (Å²) in [5, 5.41) is 9.75. The molecule has 2 heterocycles. The van der Waals surface area contributed by atoms with E-state index in [0.717, 1.165) is 24.3 Å². The molecule has 0 unspecified atom stereocenters. The molecular formula is C21H31NO3S2. The van der Waals surface area contributed by atoms with Gasteiger partial charge in [-0.05, 0) is 48.5 Å². The molecule has 2 bridgehead atoms. The Bertz CT molecular complexity index is 584. The Morgan fingerprint density at radius 1 is 1.11 bits per heavy atom. The van der Waals surface area contributed by atoms with E-state index in [-0.39, 0.29) is 5.91 Å². The average Bonchev–Trinajstić information content (AvgIpc) is 3.27. The number of unbranched alkanes of at least 4 members (excludes halogenated alkanes) is 1. The molecule has 4 nitrogen and oxygen atoms in total. The Labute approximate surface area is 171 Å². The smallest absolute Gasteiger partial charge is 0.245 e. The Balaban J connectivity index is 1.35. The summed E-state index contributed by atoms with van der Waals surface area (Å²) < 4.78 is 6.23. The SMILES string of the molecule is CN(O)C(=O)CCCCSC[C@@H]1[C@H](CSCc2ccccc2)[C@@H]2CC[C@H]1O2. The van der Waals surface area contributed by atoms with E-state index in [2.05, 4.69) is 30.3 Å². The quantitative estimate of drug-likeness (QED) is 0.332. The predicted octanol–water partition coefficient (Wildman–Crippen LogP) is 4.46. The molecule has 4 atom stereocenters. The minimum absolute atomic E-state index is 0.197. The number of carbonyl (C=O) groups excluding carboxylic acids is 1. The third kappa shape index (κ3) is 6.14. The van der Waals surface area contributed by atoms with Gasteiger partial charge in [-0.15, -0.1) is 0 Å². The number of carbonyl (C=O) groups is 1. The van der Waals surface area contributed by atoms with Gasteiger partial charge in [-0.25, -0.2) is 5.06 Å². The van der Waals surface area contributed by atoms with Crippen molar-refractivity contribution in [3.8, 4) is 0 Å². The van der Waals surface area contributed by atoms with Crippen LogP contribution in [0.2, 0.25) is 0 Å². The van der Waals surface area contributed by atoms with E-state index >= 15 is 0 Å². The highest BCUT2D eigenvalue weighted by molar-refractivity contribution is 7.99. The average molecular weight is 410 g/mol. The van der Waals surface area contributed by atoms with Gasteiger partial charge in [-0.2, -0.15) is 23.5 Å². The van der Waals surface area contributed by atoms with E-state index < -0.39 is 0 Å². The van der Waals surface area contributed by atoms with Gasteiger partial charge < -0.3 is 4.74 Å². The molecule has 3 rings (SSSR count). The molecule has 1 aromatic rings. The van der Waals surface area contributed by atoms with Crippen LogP contribution in [0.1, 0.15) is 37.7 Å².